The maximum absolute atomic E-state index is 13.6. The number of para-hydroxylation sites is 1. The maximum atomic E-state index is 13.6. The Kier molecular flexibility index (Phi) is 5.13. The van der Waals surface area contributed by atoms with E-state index in [0.29, 0.717) is 31.5 Å². The van der Waals surface area contributed by atoms with Gasteiger partial charge in [-0.1, -0.05) is 18.2 Å². The van der Waals surface area contributed by atoms with E-state index in [-0.39, 0.29) is 12.1 Å². The molecule has 3 aromatic rings. The number of urea groups is 1. The SMILES string of the molecule is COc1ccc(N2Cc3cnc(Nc4ccccc4)nc3N(C3CCOC3)C2=O)cc1. The van der Waals surface area contributed by atoms with Crippen molar-refractivity contribution in [1.82, 2.24) is 9.97 Å². The van der Waals surface area contributed by atoms with Crippen molar-refractivity contribution in [2.45, 2.75) is 19.0 Å². The Morgan fingerprint density at radius 2 is 1.94 bits per heavy atom. The number of carbonyl (C=O) groups excluding carboxylic acids is 1. The molecule has 8 nitrogen and oxygen atoms in total. The first-order valence-electron chi connectivity index (χ1n) is 10.2. The van der Waals surface area contributed by atoms with Crippen molar-refractivity contribution in [1.29, 1.82) is 0 Å². The fraction of sp³-hybridized carbons (Fsp3) is 0.261. The molecular weight excluding hydrogens is 394 g/mol. The molecule has 1 fully saturated rings. The molecule has 2 aliphatic heterocycles. The van der Waals surface area contributed by atoms with Crippen LogP contribution >= 0.6 is 0 Å². The fourth-order valence-electron chi connectivity index (χ4n) is 3.91. The average molecular weight is 417 g/mol. The van der Waals surface area contributed by atoms with Crippen LogP contribution < -0.4 is 19.9 Å². The zero-order valence-corrected chi connectivity index (χ0v) is 17.2. The number of hydrogen-bond donors (Lipinski definition) is 1. The molecule has 2 aromatic carbocycles. The summed E-state index contributed by atoms with van der Waals surface area (Å²) in [6, 6.07) is 17.0. The van der Waals surface area contributed by atoms with E-state index in [1.54, 1.807) is 23.1 Å². The van der Waals surface area contributed by atoms with E-state index in [2.05, 4.69) is 10.3 Å². The Morgan fingerprint density at radius 3 is 2.65 bits per heavy atom. The quantitative estimate of drug-likeness (QED) is 0.677. The van der Waals surface area contributed by atoms with Gasteiger partial charge in [-0.3, -0.25) is 9.80 Å². The number of nitrogens with zero attached hydrogens (tertiary/aromatic N) is 4. The van der Waals surface area contributed by atoms with E-state index < -0.39 is 0 Å². The standard InChI is InChI=1S/C23H23N5O3/c1-30-20-9-7-18(8-10-20)27-14-16-13-24-22(25-17-5-3-2-4-6-17)26-21(16)28(23(27)29)19-11-12-31-15-19/h2-10,13,19H,11-12,14-15H2,1H3,(H,24,25,26). The van der Waals surface area contributed by atoms with Crippen molar-refractivity contribution in [2.24, 2.45) is 0 Å². The van der Waals surface area contributed by atoms with Crippen LogP contribution in [-0.2, 0) is 11.3 Å². The Bertz CT molecular complexity index is 1070. The van der Waals surface area contributed by atoms with Crippen LogP contribution in [0.3, 0.4) is 0 Å². The molecule has 8 heteroatoms. The van der Waals surface area contributed by atoms with E-state index in [9.17, 15) is 4.79 Å². The molecule has 5 rings (SSSR count). The molecule has 0 radical (unpaired) electrons. The van der Waals surface area contributed by atoms with Crippen LogP contribution in [0.15, 0.2) is 60.8 Å². The highest BCUT2D eigenvalue weighted by Crippen LogP contribution is 2.34. The van der Waals surface area contributed by atoms with Gasteiger partial charge in [0.25, 0.3) is 0 Å². The van der Waals surface area contributed by atoms with Gasteiger partial charge < -0.3 is 14.8 Å². The number of benzene rings is 2. The lowest BCUT2D eigenvalue weighted by atomic mass is 10.1. The monoisotopic (exact) mass is 417 g/mol. The molecule has 0 spiro atoms. The molecule has 3 heterocycles. The van der Waals surface area contributed by atoms with Gasteiger partial charge >= 0.3 is 6.03 Å². The Hall–Kier alpha value is -3.65. The van der Waals surface area contributed by atoms with Crippen LogP contribution in [0.4, 0.5) is 27.9 Å². The number of ether oxygens (including phenoxy) is 2. The van der Waals surface area contributed by atoms with E-state index in [0.717, 1.165) is 29.1 Å². The Balaban J connectivity index is 1.51. The second-order valence-electron chi connectivity index (χ2n) is 7.49. The molecule has 1 saturated heterocycles. The van der Waals surface area contributed by atoms with Crippen LogP contribution in [0.5, 0.6) is 5.75 Å². The number of carbonyl (C=O) groups is 1. The molecular formula is C23H23N5O3. The first kappa shape index (κ1) is 19.3. The number of rotatable bonds is 5. The van der Waals surface area contributed by atoms with Gasteiger partial charge in [-0.25, -0.2) is 9.78 Å². The lowest BCUT2D eigenvalue weighted by Crippen LogP contribution is -2.52. The molecule has 1 aromatic heterocycles. The first-order valence-corrected chi connectivity index (χ1v) is 10.2. The fourth-order valence-corrected chi connectivity index (χ4v) is 3.91. The van der Waals surface area contributed by atoms with Crippen molar-refractivity contribution in [3.8, 4) is 5.75 Å². The summed E-state index contributed by atoms with van der Waals surface area (Å²) in [5, 5.41) is 3.22. The average Bonchev–Trinajstić information content (AvgIpc) is 3.34. The normalized spacial score (nSPS) is 18.1. The van der Waals surface area contributed by atoms with Gasteiger partial charge in [-0.05, 0) is 42.8 Å². The van der Waals surface area contributed by atoms with Gasteiger partial charge in [0.05, 0.1) is 26.3 Å². The highest BCUT2D eigenvalue weighted by Gasteiger charge is 2.39. The number of fused-ring (bicyclic) bond motifs is 1. The molecule has 1 atom stereocenters. The summed E-state index contributed by atoms with van der Waals surface area (Å²) in [5.74, 6) is 1.84. The van der Waals surface area contributed by atoms with Gasteiger partial charge in [-0.15, -0.1) is 0 Å². The summed E-state index contributed by atoms with van der Waals surface area (Å²) in [6.07, 6.45) is 2.56. The molecule has 31 heavy (non-hydrogen) atoms. The predicted molar refractivity (Wildman–Crippen MR) is 118 cm³/mol. The van der Waals surface area contributed by atoms with E-state index in [1.807, 2.05) is 54.6 Å². The number of amides is 2. The minimum absolute atomic E-state index is 0.0632. The molecule has 1 N–H and O–H groups in total. The van der Waals surface area contributed by atoms with Gasteiger partial charge in [0, 0.05) is 29.7 Å². The number of anilines is 4. The molecule has 0 aliphatic carbocycles. The molecule has 158 valence electrons. The minimum atomic E-state index is -0.113. The van der Waals surface area contributed by atoms with Crippen LogP contribution in [0, 0.1) is 0 Å². The van der Waals surface area contributed by atoms with E-state index >= 15 is 0 Å². The van der Waals surface area contributed by atoms with E-state index in [1.165, 1.54) is 0 Å². The zero-order chi connectivity index (χ0) is 21.2. The van der Waals surface area contributed by atoms with Gasteiger partial charge in [0.15, 0.2) is 0 Å². The highest BCUT2D eigenvalue weighted by molar-refractivity contribution is 6.06. The smallest absolute Gasteiger partial charge is 0.330 e. The van der Waals surface area contributed by atoms with Crippen LogP contribution in [0.1, 0.15) is 12.0 Å². The second-order valence-corrected chi connectivity index (χ2v) is 7.49. The number of nitrogens with one attached hydrogen (secondary N) is 1. The van der Waals surface area contributed by atoms with Crippen molar-refractivity contribution in [3.63, 3.8) is 0 Å². The van der Waals surface area contributed by atoms with Crippen molar-refractivity contribution in [2.75, 3.05) is 35.4 Å². The number of hydrogen-bond acceptors (Lipinski definition) is 6. The predicted octanol–water partition coefficient (Wildman–Crippen LogP) is 3.96. The van der Waals surface area contributed by atoms with Gasteiger partial charge in [-0.2, -0.15) is 4.98 Å². The Morgan fingerprint density at radius 1 is 1.13 bits per heavy atom. The minimum Gasteiger partial charge on any atom is -0.497 e. The summed E-state index contributed by atoms with van der Waals surface area (Å²) >= 11 is 0. The largest absolute Gasteiger partial charge is 0.497 e. The summed E-state index contributed by atoms with van der Waals surface area (Å²) in [4.78, 5) is 26.3. The van der Waals surface area contributed by atoms with Crippen LogP contribution in [0.25, 0.3) is 0 Å². The number of aromatic nitrogens is 2. The summed E-state index contributed by atoms with van der Waals surface area (Å²) in [5.41, 5.74) is 2.58. The topological polar surface area (TPSA) is 79.8 Å². The van der Waals surface area contributed by atoms with E-state index in [4.69, 9.17) is 14.5 Å². The summed E-state index contributed by atoms with van der Waals surface area (Å²) in [7, 11) is 1.62. The molecule has 0 saturated carbocycles. The number of methoxy groups -OCH3 is 1. The van der Waals surface area contributed by atoms with Crippen molar-refractivity contribution in [3.05, 3.63) is 66.4 Å². The lowest BCUT2D eigenvalue weighted by molar-refractivity contribution is 0.192. The van der Waals surface area contributed by atoms with Gasteiger partial charge in [0.1, 0.15) is 11.6 Å². The van der Waals surface area contributed by atoms with Gasteiger partial charge in [0.2, 0.25) is 5.95 Å². The molecule has 2 amide bonds. The third kappa shape index (κ3) is 3.77. The van der Waals surface area contributed by atoms with Crippen molar-refractivity contribution < 1.29 is 14.3 Å². The highest BCUT2D eigenvalue weighted by atomic mass is 16.5. The third-order valence-corrected chi connectivity index (χ3v) is 5.52. The molecule has 2 aliphatic rings. The Labute approximate surface area is 180 Å². The summed E-state index contributed by atoms with van der Waals surface area (Å²) < 4.78 is 10.8. The third-order valence-electron chi connectivity index (χ3n) is 5.52. The van der Waals surface area contributed by atoms with Crippen LogP contribution in [-0.4, -0.2) is 42.4 Å². The second kappa shape index (κ2) is 8.23. The molecule has 0 bridgehead atoms. The zero-order valence-electron chi connectivity index (χ0n) is 17.2. The summed E-state index contributed by atoms with van der Waals surface area (Å²) in [6.45, 7) is 1.52. The van der Waals surface area contributed by atoms with Crippen LogP contribution in [0.2, 0.25) is 0 Å². The molecule has 1 unspecified atom stereocenters. The lowest BCUT2D eigenvalue weighted by Gasteiger charge is -2.38. The maximum Gasteiger partial charge on any atom is 0.330 e. The van der Waals surface area contributed by atoms with Crippen molar-refractivity contribution >= 4 is 29.2 Å². The first-order chi connectivity index (χ1) is 15.2.